The molecule has 10 heteroatoms. The highest BCUT2D eigenvalue weighted by Crippen LogP contribution is 2.32. The van der Waals surface area contributed by atoms with Gasteiger partial charge in [0.05, 0.1) is 5.69 Å². The predicted molar refractivity (Wildman–Crippen MR) is 97.7 cm³/mol. The van der Waals surface area contributed by atoms with Gasteiger partial charge in [-0.3, -0.25) is 9.59 Å². The van der Waals surface area contributed by atoms with Crippen LogP contribution in [0.1, 0.15) is 21.0 Å². The molecule has 2 heterocycles. The lowest BCUT2D eigenvalue weighted by atomic mass is 10.2. The molecule has 3 aromatic rings. The first-order chi connectivity index (χ1) is 13.5. The SMILES string of the molecule is CN(C)C(=O)c1nnn(-c2ccc(NC(=O)c3ccc4c(c3)OCO4)cc2)n1. The lowest BCUT2D eigenvalue weighted by Crippen LogP contribution is -2.23. The van der Waals surface area contributed by atoms with Crippen molar-refractivity contribution < 1.29 is 19.1 Å². The number of carbonyl (C=O) groups excluding carboxylic acids is 2. The Morgan fingerprint density at radius 3 is 2.57 bits per heavy atom. The predicted octanol–water partition coefficient (Wildman–Crippen LogP) is 1.35. The number of hydrogen-bond acceptors (Lipinski definition) is 7. The fourth-order valence-electron chi connectivity index (χ4n) is 2.53. The Labute approximate surface area is 159 Å². The second kappa shape index (κ2) is 6.99. The van der Waals surface area contributed by atoms with Gasteiger partial charge in [-0.1, -0.05) is 0 Å². The van der Waals surface area contributed by atoms with Gasteiger partial charge in [-0.15, -0.1) is 15.0 Å². The summed E-state index contributed by atoms with van der Waals surface area (Å²) in [5, 5.41) is 14.5. The summed E-state index contributed by atoms with van der Waals surface area (Å²) in [4.78, 5) is 26.9. The summed E-state index contributed by atoms with van der Waals surface area (Å²) in [6.45, 7) is 0.153. The topological polar surface area (TPSA) is 111 Å². The van der Waals surface area contributed by atoms with Crippen LogP contribution in [0, 0.1) is 0 Å². The van der Waals surface area contributed by atoms with Gasteiger partial charge in [0.25, 0.3) is 17.6 Å². The van der Waals surface area contributed by atoms with E-state index in [-0.39, 0.29) is 24.4 Å². The largest absolute Gasteiger partial charge is 0.454 e. The number of nitrogens with zero attached hydrogens (tertiary/aromatic N) is 5. The van der Waals surface area contributed by atoms with Crippen LogP contribution in [-0.4, -0.2) is 57.8 Å². The molecular formula is C18H16N6O4. The number of tetrazole rings is 1. The summed E-state index contributed by atoms with van der Waals surface area (Å²) in [5.41, 5.74) is 1.65. The van der Waals surface area contributed by atoms with Crippen LogP contribution in [-0.2, 0) is 0 Å². The number of benzene rings is 2. The van der Waals surface area contributed by atoms with Crippen LogP contribution in [0.25, 0.3) is 5.69 Å². The minimum atomic E-state index is -0.334. The molecule has 1 aliphatic heterocycles. The molecule has 0 fully saturated rings. The highest BCUT2D eigenvalue weighted by molar-refractivity contribution is 6.04. The van der Waals surface area contributed by atoms with E-state index < -0.39 is 0 Å². The molecule has 0 radical (unpaired) electrons. The van der Waals surface area contributed by atoms with Gasteiger partial charge in [0, 0.05) is 25.3 Å². The van der Waals surface area contributed by atoms with E-state index in [1.807, 2.05) is 0 Å². The molecule has 0 aliphatic carbocycles. The first kappa shape index (κ1) is 17.5. The third-order valence-corrected chi connectivity index (χ3v) is 4.00. The molecule has 0 bridgehead atoms. The van der Waals surface area contributed by atoms with Gasteiger partial charge in [0.1, 0.15) is 0 Å². The van der Waals surface area contributed by atoms with Gasteiger partial charge >= 0.3 is 0 Å². The molecule has 0 saturated heterocycles. The quantitative estimate of drug-likeness (QED) is 0.727. The van der Waals surface area contributed by atoms with Crippen molar-refractivity contribution in [2.45, 2.75) is 0 Å². The molecule has 0 unspecified atom stereocenters. The summed E-state index contributed by atoms with van der Waals surface area (Å²) in [7, 11) is 3.22. The molecule has 2 amide bonds. The maximum Gasteiger partial charge on any atom is 0.294 e. The number of carbonyl (C=O) groups is 2. The van der Waals surface area contributed by atoms with Crippen molar-refractivity contribution in [1.29, 1.82) is 0 Å². The zero-order valence-corrected chi connectivity index (χ0v) is 15.1. The Kier molecular flexibility index (Phi) is 4.36. The number of ether oxygens (including phenoxy) is 2. The first-order valence-corrected chi connectivity index (χ1v) is 8.34. The van der Waals surface area contributed by atoms with Gasteiger partial charge < -0.3 is 19.7 Å². The molecule has 28 heavy (non-hydrogen) atoms. The van der Waals surface area contributed by atoms with E-state index in [1.165, 1.54) is 9.70 Å². The molecule has 0 atom stereocenters. The molecule has 10 nitrogen and oxygen atoms in total. The van der Waals surface area contributed by atoms with Crippen molar-refractivity contribution in [1.82, 2.24) is 25.1 Å². The normalized spacial score (nSPS) is 11.9. The van der Waals surface area contributed by atoms with Gasteiger partial charge in [-0.2, -0.15) is 0 Å². The van der Waals surface area contributed by atoms with Crippen molar-refractivity contribution in [3.8, 4) is 17.2 Å². The van der Waals surface area contributed by atoms with E-state index in [1.54, 1.807) is 56.6 Å². The van der Waals surface area contributed by atoms with E-state index in [0.29, 0.717) is 28.4 Å². The van der Waals surface area contributed by atoms with Crippen molar-refractivity contribution in [3.05, 3.63) is 53.9 Å². The van der Waals surface area contributed by atoms with Crippen LogP contribution in [0.3, 0.4) is 0 Å². The number of anilines is 1. The monoisotopic (exact) mass is 380 g/mol. The second-order valence-corrected chi connectivity index (χ2v) is 6.17. The zero-order valence-electron chi connectivity index (χ0n) is 15.1. The van der Waals surface area contributed by atoms with Crippen molar-refractivity contribution in [2.75, 3.05) is 26.2 Å². The van der Waals surface area contributed by atoms with Crippen molar-refractivity contribution in [3.63, 3.8) is 0 Å². The Morgan fingerprint density at radius 1 is 1.07 bits per heavy atom. The first-order valence-electron chi connectivity index (χ1n) is 8.34. The number of aromatic nitrogens is 4. The molecule has 0 spiro atoms. The summed E-state index contributed by atoms with van der Waals surface area (Å²) in [6.07, 6.45) is 0. The Balaban J connectivity index is 1.46. The molecular weight excluding hydrogens is 364 g/mol. The number of nitrogens with one attached hydrogen (secondary N) is 1. The van der Waals surface area contributed by atoms with Crippen LogP contribution >= 0.6 is 0 Å². The molecule has 2 aromatic carbocycles. The van der Waals surface area contributed by atoms with E-state index >= 15 is 0 Å². The maximum atomic E-state index is 12.4. The van der Waals surface area contributed by atoms with Gasteiger partial charge in [-0.25, -0.2) is 0 Å². The Hall–Kier alpha value is -3.95. The van der Waals surface area contributed by atoms with Crippen LogP contribution in [0.2, 0.25) is 0 Å². The Morgan fingerprint density at radius 2 is 1.82 bits per heavy atom. The summed E-state index contributed by atoms with van der Waals surface area (Å²) >= 11 is 0. The van der Waals surface area contributed by atoms with E-state index in [9.17, 15) is 9.59 Å². The lowest BCUT2D eigenvalue weighted by Gasteiger charge is -2.07. The van der Waals surface area contributed by atoms with Gasteiger partial charge in [-0.05, 0) is 47.7 Å². The van der Waals surface area contributed by atoms with E-state index in [2.05, 4.69) is 20.7 Å². The van der Waals surface area contributed by atoms with Gasteiger partial charge in [0.15, 0.2) is 11.5 Å². The van der Waals surface area contributed by atoms with Crippen molar-refractivity contribution in [2.24, 2.45) is 0 Å². The minimum absolute atomic E-state index is 0.00480. The van der Waals surface area contributed by atoms with E-state index in [0.717, 1.165) is 0 Å². The third-order valence-electron chi connectivity index (χ3n) is 4.00. The lowest BCUT2D eigenvalue weighted by molar-refractivity contribution is 0.0815. The van der Waals surface area contributed by atoms with Crippen LogP contribution < -0.4 is 14.8 Å². The fraction of sp³-hybridized carbons (Fsp3) is 0.167. The van der Waals surface area contributed by atoms with Gasteiger partial charge in [0.2, 0.25) is 6.79 Å². The third kappa shape index (κ3) is 3.34. The number of fused-ring (bicyclic) bond motifs is 1. The maximum absolute atomic E-state index is 12.4. The smallest absolute Gasteiger partial charge is 0.294 e. The van der Waals surface area contributed by atoms with E-state index in [4.69, 9.17) is 9.47 Å². The molecule has 1 aliphatic rings. The molecule has 4 rings (SSSR count). The molecule has 1 N–H and O–H groups in total. The number of amides is 2. The highest BCUT2D eigenvalue weighted by atomic mass is 16.7. The Bertz CT molecular complexity index is 1040. The number of rotatable bonds is 4. The summed E-state index contributed by atoms with van der Waals surface area (Å²) in [5.74, 6) is 0.560. The average molecular weight is 380 g/mol. The highest BCUT2D eigenvalue weighted by Gasteiger charge is 2.17. The van der Waals surface area contributed by atoms with Crippen LogP contribution in [0.5, 0.6) is 11.5 Å². The van der Waals surface area contributed by atoms with Crippen LogP contribution in [0.4, 0.5) is 5.69 Å². The minimum Gasteiger partial charge on any atom is -0.454 e. The second-order valence-electron chi connectivity index (χ2n) is 6.17. The zero-order chi connectivity index (χ0) is 19.7. The van der Waals surface area contributed by atoms with Crippen LogP contribution in [0.15, 0.2) is 42.5 Å². The van der Waals surface area contributed by atoms with Crippen molar-refractivity contribution >= 4 is 17.5 Å². The number of hydrogen-bond donors (Lipinski definition) is 1. The molecule has 142 valence electrons. The molecule has 1 aromatic heterocycles. The molecule has 0 saturated carbocycles. The average Bonchev–Trinajstić information content (AvgIpc) is 3.36. The summed E-state index contributed by atoms with van der Waals surface area (Å²) < 4.78 is 10.5. The standard InChI is InChI=1S/C18H16N6O4/c1-23(2)18(26)16-20-22-24(21-16)13-6-4-12(5-7-13)19-17(25)11-3-8-14-15(9-11)28-10-27-14/h3-9H,10H2,1-2H3,(H,19,25). The summed E-state index contributed by atoms with van der Waals surface area (Å²) in [6, 6.07) is 11.8. The fourth-order valence-corrected chi connectivity index (χ4v) is 2.53.